The maximum Gasteiger partial charge on any atom is 0.275 e. The highest BCUT2D eigenvalue weighted by atomic mass is 35.7. The number of carbonyl (C=O) groups excluding carboxylic acids is 1. The molecule has 1 aromatic heterocycles. The molecule has 0 aliphatic carbocycles. The smallest absolute Gasteiger partial charge is 0.275 e. The second kappa shape index (κ2) is 5.28. The number of anilines is 1. The van der Waals surface area contributed by atoms with E-state index in [1.807, 2.05) is 0 Å². The second-order valence-corrected chi connectivity index (χ2v) is 7.00. The van der Waals surface area contributed by atoms with Gasteiger partial charge in [-0.25, -0.2) is 13.4 Å². The van der Waals surface area contributed by atoms with E-state index in [0.29, 0.717) is 16.9 Å². The van der Waals surface area contributed by atoms with Crippen LogP contribution in [0.1, 0.15) is 16.1 Å². The molecule has 0 atom stereocenters. The Balaban J connectivity index is 2.24. The standard InChI is InChI=1S/C11H9ClN2O3S2/c1-7-4-8(2-3-10(7)19(12,16)17)14-11(15)9-5-18-6-13-9/h2-6H,1H3,(H,14,15). The molecule has 0 aliphatic rings. The summed E-state index contributed by atoms with van der Waals surface area (Å²) in [5, 5.41) is 4.26. The van der Waals surface area contributed by atoms with Crippen LogP contribution in [0.4, 0.5) is 5.69 Å². The molecule has 0 bridgehead atoms. The van der Waals surface area contributed by atoms with Crippen LogP contribution in [-0.2, 0) is 9.05 Å². The molecule has 5 nitrogen and oxygen atoms in total. The van der Waals surface area contributed by atoms with E-state index >= 15 is 0 Å². The van der Waals surface area contributed by atoms with E-state index in [1.165, 1.54) is 23.5 Å². The second-order valence-electron chi connectivity index (χ2n) is 3.75. The predicted octanol–water partition coefficient (Wildman–Crippen LogP) is 2.63. The SMILES string of the molecule is Cc1cc(NC(=O)c2cscn2)ccc1S(=O)(=O)Cl. The topological polar surface area (TPSA) is 76.1 Å². The zero-order valence-corrected chi connectivity index (χ0v) is 12.1. The van der Waals surface area contributed by atoms with Crippen molar-refractivity contribution in [1.82, 2.24) is 4.98 Å². The quantitative estimate of drug-likeness (QED) is 0.883. The largest absolute Gasteiger partial charge is 0.321 e. The van der Waals surface area contributed by atoms with Crippen LogP contribution in [0.15, 0.2) is 34.0 Å². The van der Waals surface area contributed by atoms with Crippen LogP contribution >= 0.6 is 22.0 Å². The van der Waals surface area contributed by atoms with Gasteiger partial charge in [-0.3, -0.25) is 4.79 Å². The third kappa shape index (κ3) is 3.31. The Labute approximate surface area is 118 Å². The number of carbonyl (C=O) groups is 1. The van der Waals surface area contributed by atoms with E-state index in [4.69, 9.17) is 10.7 Å². The molecule has 0 radical (unpaired) electrons. The maximum absolute atomic E-state index is 11.8. The number of nitrogens with one attached hydrogen (secondary N) is 1. The number of nitrogens with zero attached hydrogens (tertiary/aromatic N) is 1. The minimum atomic E-state index is -3.77. The van der Waals surface area contributed by atoms with Gasteiger partial charge in [0.2, 0.25) is 0 Å². The summed E-state index contributed by atoms with van der Waals surface area (Å²) in [5.41, 5.74) is 2.82. The highest BCUT2D eigenvalue weighted by Gasteiger charge is 2.14. The monoisotopic (exact) mass is 316 g/mol. The Kier molecular flexibility index (Phi) is 3.88. The molecular formula is C11H9ClN2O3S2. The summed E-state index contributed by atoms with van der Waals surface area (Å²) in [4.78, 5) is 15.7. The Bertz CT molecular complexity index is 712. The number of benzene rings is 1. The summed E-state index contributed by atoms with van der Waals surface area (Å²) in [6, 6.07) is 4.38. The Morgan fingerprint density at radius 3 is 2.68 bits per heavy atom. The van der Waals surface area contributed by atoms with Gasteiger partial charge in [-0.15, -0.1) is 11.3 Å². The van der Waals surface area contributed by atoms with Gasteiger partial charge in [0.1, 0.15) is 5.69 Å². The van der Waals surface area contributed by atoms with Crippen molar-refractivity contribution in [1.29, 1.82) is 0 Å². The van der Waals surface area contributed by atoms with Gasteiger partial charge in [-0.05, 0) is 30.7 Å². The summed E-state index contributed by atoms with van der Waals surface area (Å²) >= 11 is 1.32. The van der Waals surface area contributed by atoms with Gasteiger partial charge in [-0.1, -0.05) is 0 Å². The molecule has 1 N–H and O–H groups in total. The molecule has 19 heavy (non-hydrogen) atoms. The van der Waals surface area contributed by atoms with E-state index in [1.54, 1.807) is 23.9 Å². The lowest BCUT2D eigenvalue weighted by Gasteiger charge is -2.07. The summed E-state index contributed by atoms with van der Waals surface area (Å²) in [6.45, 7) is 1.60. The Morgan fingerprint density at radius 2 is 2.16 bits per heavy atom. The van der Waals surface area contributed by atoms with Crippen molar-refractivity contribution in [2.45, 2.75) is 11.8 Å². The van der Waals surface area contributed by atoms with Crippen molar-refractivity contribution in [3.8, 4) is 0 Å². The zero-order chi connectivity index (χ0) is 14.0. The minimum Gasteiger partial charge on any atom is -0.321 e. The van der Waals surface area contributed by atoms with Crippen LogP contribution in [-0.4, -0.2) is 19.3 Å². The summed E-state index contributed by atoms with van der Waals surface area (Å²) in [7, 11) is 1.51. The van der Waals surface area contributed by atoms with Gasteiger partial charge in [0.25, 0.3) is 15.0 Å². The number of halogens is 1. The van der Waals surface area contributed by atoms with Gasteiger partial charge < -0.3 is 5.32 Å². The number of hydrogen-bond acceptors (Lipinski definition) is 5. The number of thiazole rings is 1. The molecule has 0 aliphatic heterocycles. The third-order valence-electron chi connectivity index (χ3n) is 2.36. The minimum absolute atomic E-state index is 0.0285. The van der Waals surface area contributed by atoms with Gasteiger partial charge in [0.15, 0.2) is 0 Å². The highest BCUT2D eigenvalue weighted by Crippen LogP contribution is 2.23. The number of hydrogen-bond donors (Lipinski definition) is 1. The van der Waals surface area contributed by atoms with Crippen molar-refractivity contribution in [3.63, 3.8) is 0 Å². The lowest BCUT2D eigenvalue weighted by atomic mass is 10.2. The van der Waals surface area contributed by atoms with E-state index in [9.17, 15) is 13.2 Å². The number of aryl methyl sites for hydroxylation is 1. The average molecular weight is 317 g/mol. The molecule has 0 spiro atoms. The molecule has 100 valence electrons. The molecule has 2 rings (SSSR count). The lowest BCUT2D eigenvalue weighted by molar-refractivity contribution is 0.102. The van der Waals surface area contributed by atoms with Gasteiger partial charge in [0, 0.05) is 21.7 Å². The van der Waals surface area contributed by atoms with Gasteiger partial charge >= 0.3 is 0 Å². The zero-order valence-electron chi connectivity index (χ0n) is 9.75. The van der Waals surface area contributed by atoms with Crippen LogP contribution in [0.25, 0.3) is 0 Å². The fourth-order valence-corrected chi connectivity index (χ4v) is 3.25. The average Bonchev–Trinajstić information content (AvgIpc) is 2.80. The number of amides is 1. The van der Waals surface area contributed by atoms with E-state index in [2.05, 4.69) is 10.3 Å². The molecule has 8 heteroatoms. The Morgan fingerprint density at radius 1 is 1.42 bits per heavy atom. The van der Waals surface area contributed by atoms with Crippen molar-refractivity contribution < 1.29 is 13.2 Å². The van der Waals surface area contributed by atoms with Crippen LogP contribution in [0, 0.1) is 6.92 Å². The van der Waals surface area contributed by atoms with Crippen LogP contribution in [0.3, 0.4) is 0 Å². The number of aromatic nitrogens is 1. The normalized spacial score (nSPS) is 11.3. The van der Waals surface area contributed by atoms with E-state index in [-0.39, 0.29) is 10.8 Å². The summed E-state index contributed by atoms with van der Waals surface area (Å²) < 4.78 is 22.5. The fourth-order valence-electron chi connectivity index (χ4n) is 1.52. The van der Waals surface area contributed by atoms with Crippen molar-refractivity contribution in [2.75, 3.05) is 5.32 Å². The van der Waals surface area contributed by atoms with Gasteiger partial charge in [-0.2, -0.15) is 0 Å². The molecule has 0 saturated carbocycles. The van der Waals surface area contributed by atoms with Crippen LogP contribution in [0.5, 0.6) is 0 Å². The first-order chi connectivity index (χ1) is 8.88. The first-order valence-electron chi connectivity index (χ1n) is 5.13. The predicted molar refractivity (Wildman–Crippen MR) is 74.3 cm³/mol. The third-order valence-corrected chi connectivity index (χ3v) is 4.43. The lowest BCUT2D eigenvalue weighted by Crippen LogP contribution is -2.12. The van der Waals surface area contributed by atoms with Crippen LogP contribution < -0.4 is 5.32 Å². The summed E-state index contributed by atoms with van der Waals surface area (Å²) in [6.07, 6.45) is 0. The van der Waals surface area contributed by atoms with Crippen LogP contribution in [0.2, 0.25) is 0 Å². The molecule has 2 aromatic rings. The molecule has 0 saturated heterocycles. The van der Waals surface area contributed by atoms with Crippen molar-refractivity contribution in [2.24, 2.45) is 0 Å². The molecule has 1 amide bonds. The highest BCUT2D eigenvalue weighted by molar-refractivity contribution is 8.13. The molecule has 1 aromatic carbocycles. The van der Waals surface area contributed by atoms with E-state index < -0.39 is 9.05 Å². The number of rotatable bonds is 3. The van der Waals surface area contributed by atoms with Crippen molar-refractivity contribution >= 4 is 42.7 Å². The van der Waals surface area contributed by atoms with Gasteiger partial charge in [0.05, 0.1) is 10.4 Å². The first kappa shape index (κ1) is 14.0. The first-order valence-corrected chi connectivity index (χ1v) is 8.38. The Hall–Kier alpha value is -1.44. The van der Waals surface area contributed by atoms with E-state index in [0.717, 1.165) is 0 Å². The molecule has 0 fully saturated rings. The molecule has 0 unspecified atom stereocenters. The summed E-state index contributed by atoms with van der Waals surface area (Å²) in [5.74, 6) is -0.345. The fraction of sp³-hybridized carbons (Fsp3) is 0.0909. The molecular weight excluding hydrogens is 308 g/mol. The molecule has 1 heterocycles. The van der Waals surface area contributed by atoms with Crippen molar-refractivity contribution in [3.05, 3.63) is 40.3 Å². The maximum atomic E-state index is 11.8.